The van der Waals surface area contributed by atoms with E-state index >= 15 is 0 Å². The van der Waals surface area contributed by atoms with Crippen molar-refractivity contribution in [1.29, 1.82) is 0 Å². The number of benzene rings is 2. The number of anilines is 1. The number of carbonyl (C=O) groups excluding carboxylic acids is 2. The third-order valence-electron chi connectivity index (χ3n) is 3.87. The Kier molecular flexibility index (Phi) is 5.16. The van der Waals surface area contributed by atoms with Gasteiger partial charge >= 0.3 is 5.97 Å². The van der Waals surface area contributed by atoms with Gasteiger partial charge in [-0.05, 0) is 49.6 Å². The summed E-state index contributed by atoms with van der Waals surface area (Å²) in [6.07, 6.45) is 0.301. The van der Waals surface area contributed by atoms with Crippen molar-refractivity contribution >= 4 is 17.6 Å². The summed E-state index contributed by atoms with van der Waals surface area (Å²) in [5, 5.41) is 2.88. The van der Waals surface area contributed by atoms with Crippen LogP contribution in [0.1, 0.15) is 32.6 Å². The normalized spacial score (nSPS) is 10.3. The number of nitrogens with one attached hydrogen (secondary N) is 1. The van der Waals surface area contributed by atoms with Crippen LogP contribution >= 0.6 is 0 Å². The molecule has 23 heavy (non-hydrogen) atoms. The fourth-order valence-corrected chi connectivity index (χ4v) is 2.46. The van der Waals surface area contributed by atoms with Gasteiger partial charge in [-0.25, -0.2) is 4.79 Å². The Morgan fingerprint density at radius 2 is 1.83 bits per heavy atom. The van der Waals surface area contributed by atoms with Crippen LogP contribution in [0.2, 0.25) is 0 Å². The number of carbonyl (C=O) groups is 2. The average Bonchev–Trinajstić information content (AvgIpc) is 2.52. The van der Waals surface area contributed by atoms with Crippen LogP contribution in [0.3, 0.4) is 0 Å². The van der Waals surface area contributed by atoms with Crippen molar-refractivity contribution in [3.8, 4) is 0 Å². The molecule has 1 N–H and O–H groups in total. The molecule has 0 radical (unpaired) electrons. The average molecular weight is 311 g/mol. The molecular formula is C19H21NO3. The Morgan fingerprint density at radius 1 is 1.09 bits per heavy atom. The number of hydrogen-bond donors (Lipinski definition) is 1. The molecule has 0 fully saturated rings. The van der Waals surface area contributed by atoms with Gasteiger partial charge in [0.1, 0.15) is 0 Å². The first-order valence-corrected chi connectivity index (χ1v) is 7.46. The van der Waals surface area contributed by atoms with Crippen LogP contribution in [0.15, 0.2) is 36.4 Å². The second kappa shape index (κ2) is 7.09. The topological polar surface area (TPSA) is 55.4 Å². The number of methoxy groups -OCH3 is 1. The van der Waals surface area contributed by atoms with Crippen LogP contribution in [0.25, 0.3) is 0 Å². The zero-order valence-electron chi connectivity index (χ0n) is 13.9. The molecule has 0 atom stereocenters. The molecule has 1 amide bonds. The van der Waals surface area contributed by atoms with E-state index in [2.05, 4.69) is 5.32 Å². The Hall–Kier alpha value is -2.62. The van der Waals surface area contributed by atoms with Gasteiger partial charge in [-0.1, -0.05) is 29.8 Å². The van der Waals surface area contributed by atoms with E-state index in [0.29, 0.717) is 23.2 Å². The summed E-state index contributed by atoms with van der Waals surface area (Å²) in [6, 6.07) is 11.3. The lowest BCUT2D eigenvalue weighted by Gasteiger charge is -2.12. The maximum absolute atomic E-state index is 12.3. The largest absolute Gasteiger partial charge is 0.465 e. The Balaban J connectivity index is 2.18. The maximum Gasteiger partial charge on any atom is 0.338 e. The summed E-state index contributed by atoms with van der Waals surface area (Å²) in [6.45, 7) is 5.79. The SMILES string of the molecule is COC(=O)c1cccc(NC(=O)Cc2cc(C)ccc2C)c1C. The van der Waals surface area contributed by atoms with E-state index in [4.69, 9.17) is 4.74 Å². The number of ether oxygens (including phenoxy) is 1. The minimum absolute atomic E-state index is 0.108. The molecular weight excluding hydrogens is 290 g/mol. The minimum Gasteiger partial charge on any atom is -0.465 e. The van der Waals surface area contributed by atoms with E-state index < -0.39 is 5.97 Å². The van der Waals surface area contributed by atoms with Crippen molar-refractivity contribution in [2.45, 2.75) is 27.2 Å². The van der Waals surface area contributed by atoms with E-state index in [9.17, 15) is 9.59 Å². The third-order valence-corrected chi connectivity index (χ3v) is 3.87. The highest BCUT2D eigenvalue weighted by Crippen LogP contribution is 2.20. The number of rotatable bonds is 4. The molecule has 0 aliphatic carbocycles. The Labute approximate surface area is 136 Å². The molecule has 0 aromatic heterocycles. The van der Waals surface area contributed by atoms with E-state index in [1.807, 2.05) is 32.0 Å². The van der Waals surface area contributed by atoms with Crippen LogP contribution in [-0.2, 0) is 16.0 Å². The molecule has 4 heteroatoms. The highest BCUT2D eigenvalue weighted by Gasteiger charge is 2.14. The quantitative estimate of drug-likeness (QED) is 0.878. The van der Waals surface area contributed by atoms with Crippen molar-refractivity contribution in [3.63, 3.8) is 0 Å². The first-order valence-electron chi connectivity index (χ1n) is 7.46. The molecule has 2 rings (SSSR count). The molecule has 0 aliphatic rings. The first kappa shape index (κ1) is 16.7. The predicted octanol–water partition coefficient (Wildman–Crippen LogP) is 3.58. The standard InChI is InChI=1S/C19H21NO3/c1-12-8-9-13(2)15(10-12)11-18(21)20-17-7-5-6-16(14(17)3)19(22)23-4/h5-10H,11H2,1-4H3,(H,20,21). The number of esters is 1. The van der Waals surface area contributed by atoms with Gasteiger partial charge < -0.3 is 10.1 Å². The molecule has 0 bridgehead atoms. The lowest BCUT2D eigenvalue weighted by molar-refractivity contribution is -0.115. The Bertz CT molecular complexity index is 750. The molecule has 0 heterocycles. The van der Waals surface area contributed by atoms with Gasteiger partial charge in [-0.3, -0.25) is 4.79 Å². The first-order chi connectivity index (χ1) is 10.9. The van der Waals surface area contributed by atoms with E-state index in [1.165, 1.54) is 7.11 Å². The van der Waals surface area contributed by atoms with Crippen LogP contribution in [0, 0.1) is 20.8 Å². The zero-order chi connectivity index (χ0) is 17.0. The second-order valence-corrected chi connectivity index (χ2v) is 5.62. The molecule has 0 aliphatic heterocycles. The fraction of sp³-hybridized carbons (Fsp3) is 0.263. The van der Waals surface area contributed by atoms with Gasteiger partial charge in [0.2, 0.25) is 5.91 Å². The van der Waals surface area contributed by atoms with E-state index in [1.54, 1.807) is 25.1 Å². The van der Waals surface area contributed by atoms with Crippen LogP contribution in [0.5, 0.6) is 0 Å². The minimum atomic E-state index is -0.409. The number of amides is 1. The highest BCUT2D eigenvalue weighted by molar-refractivity contribution is 5.97. The molecule has 0 saturated heterocycles. The zero-order valence-corrected chi connectivity index (χ0v) is 13.9. The monoisotopic (exact) mass is 311 g/mol. The summed E-state index contributed by atoms with van der Waals surface area (Å²) in [7, 11) is 1.34. The van der Waals surface area contributed by atoms with Crippen LogP contribution in [0.4, 0.5) is 5.69 Å². The highest BCUT2D eigenvalue weighted by atomic mass is 16.5. The van der Waals surface area contributed by atoms with E-state index in [-0.39, 0.29) is 5.91 Å². The van der Waals surface area contributed by atoms with Gasteiger partial charge in [-0.15, -0.1) is 0 Å². The van der Waals surface area contributed by atoms with Crippen molar-refractivity contribution in [2.75, 3.05) is 12.4 Å². The molecule has 2 aromatic rings. The maximum atomic E-state index is 12.3. The van der Waals surface area contributed by atoms with Crippen molar-refractivity contribution in [2.24, 2.45) is 0 Å². The van der Waals surface area contributed by atoms with Gasteiger partial charge in [0.15, 0.2) is 0 Å². The summed E-state index contributed by atoms with van der Waals surface area (Å²) in [4.78, 5) is 24.0. The molecule has 0 spiro atoms. The molecule has 2 aromatic carbocycles. The Morgan fingerprint density at radius 3 is 2.52 bits per heavy atom. The summed E-state index contributed by atoms with van der Waals surface area (Å²) in [5.41, 5.74) is 5.01. The molecule has 0 unspecified atom stereocenters. The van der Waals surface area contributed by atoms with Gasteiger partial charge in [0, 0.05) is 5.69 Å². The molecule has 120 valence electrons. The number of hydrogen-bond acceptors (Lipinski definition) is 3. The van der Waals surface area contributed by atoms with Gasteiger partial charge in [-0.2, -0.15) is 0 Å². The van der Waals surface area contributed by atoms with Crippen molar-refractivity contribution in [1.82, 2.24) is 0 Å². The molecule has 0 saturated carbocycles. The van der Waals surface area contributed by atoms with Gasteiger partial charge in [0.05, 0.1) is 19.1 Å². The summed E-state index contributed by atoms with van der Waals surface area (Å²) >= 11 is 0. The summed E-state index contributed by atoms with van der Waals surface area (Å²) in [5.74, 6) is -0.517. The van der Waals surface area contributed by atoms with Crippen LogP contribution in [-0.4, -0.2) is 19.0 Å². The lowest BCUT2D eigenvalue weighted by Crippen LogP contribution is -2.17. The lowest BCUT2D eigenvalue weighted by atomic mass is 10.0. The smallest absolute Gasteiger partial charge is 0.338 e. The number of aryl methyl sites for hydroxylation is 2. The van der Waals surface area contributed by atoms with Crippen molar-refractivity contribution < 1.29 is 14.3 Å². The summed E-state index contributed by atoms with van der Waals surface area (Å²) < 4.78 is 4.75. The van der Waals surface area contributed by atoms with E-state index in [0.717, 1.165) is 16.7 Å². The predicted molar refractivity (Wildman–Crippen MR) is 90.8 cm³/mol. The fourth-order valence-electron chi connectivity index (χ4n) is 2.46. The van der Waals surface area contributed by atoms with Crippen LogP contribution < -0.4 is 5.32 Å². The third kappa shape index (κ3) is 3.97. The van der Waals surface area contributed by atoms with Gasteiger partial charge in [0.25, 0.3) is 0 Å². The second-order valence-electron chi connectivity index (χ2n) is 5.62. The molecule has 4 nitrogen and oxygen atoms in total. The van der Waals surface area contributed by atoms with Crippen molar-refractivity contribution in [3.05, 3.63) is 64.2 Å².